The summed E-state index contributed by atoms with van der Waals surface area (Å²) in [4.78, 5) is 10.4. The third-order valence-electron chi connectivity index (χ3n) is 2.07. The minimum absolute atomic E-state index is 0.0115. The van der Waals surface area contributed by atoms with E-state index in [-0.39, 0.29) is 5.69 Å². The maximum absolute atomic E-state index is 10.8. The Balaban J connectivity index is 2.92. The lowest BCUT2D eigenvalue weighted by atomic mass is 10.2. The average molecular weight is 236 g/mol. The van der Waals surface area contributed by atoms with Crippen LogP contribution in [-0.4, -0.2) is 18.1 Å². The molecule has 0 aliphatic rings. The molecule has 1 aromatic carbocycles. The molecule has 0 unspecified atom stereocenters. The van der Waals surface area contributed by atoms with Gasteiger partial charge in [-0.15, -0.1) is 6.58 Å². The van der Waals surface area contributed by atoms with Crippen LogP contribution in [0.1, 0.15) is 13.3 Å². The van der Waals surface area contributed by atoms with Crippen LogP contribution in [0.2, 0.25) is 0 Å². The van der Waals surface area contributed by atoms with Gasteiger partial charge >= 0.3 is 5.69 Å². The van der Waals surface area contributed by atoms with Gasteiger partial charge in [0.25, 0.3) is 0 Å². The van der Waals surface area contributed by atoms with E-state index in [4.69, 9.17) is 4.74 Å². The second kappa shape index (κ2) is 6.52. The Bertz CT molecular complexity index is 405. The van der Waals surface area contributed by atoms with E-state index in [0.717, 1.165) is 12.1 Å². The molecular weight excluding hydrogens is 220 g/mol. The maximum atomic E-state index is 10.8. The molecule has 1 N–H and O–H groups in total. The first kappa shape index (κ1) is 13.0. The minimum Gasteiger partial charge on any atom is -0.487 e. The van der Waals surface area contributed by atoms with Crippen LogP contribution in [0.5, 0.6) is 5.75 Å². The zero-order valence-corrected chi connectivity index (χ0v) is 9.81. The number of rotatable bonds is 7. The monoisotopic (exact) mass is 236 g/mol. The van der Waals surface area contributed by atoms with Crippen LogP contribution < -0.4 is 10.1 Å². The van der Waals surface area contributed by atoms with Gasteiger partial charge in [-0.1, -0.05) is 13.0 Å². The molecule has 0 bridgehead atoms. The molecule has 0 amide bonds. The van der Waals surface area contributed by atoms with Crippen molar-refractivity contribution in [1.29, 1.82) is 0 Å². The highest BCUT2D eigenvalue weighted by molar-refractivity contribution is 5.58. The number of benzene rings is 1. The first-order valence-electron chi connectivity index (χ1n) is 5.45. The Morgan fingerprint density at radius 2 is 2.35 bits per heavy atom. The molecule has 0 aliphatic heterocycles. The summed E-state index contributed by atoms with van der Waals surface area (Å²) in [5.74, 6) is 0.297. The van der Waals surface area contributed by atoms with Crippen LogP contribution >= 0.6 is 0 Å². The van der Waals surface area contributed by atoms with Gasteiger partial charge in [-0.25, -0.2) is 0 Å². The number of nitrogens with one attached hydrogen (secondary N) is 1. The van der Waals surface area contributed by atoms with Crippen LogP contribution in [0, 0.1) is 10.1 Å². The zero-order chi connectivity index (χ0) is 12.7. The van der Waals surface area contributed by atoms with Crippen LogP contribution in [0.15, 0.2) is 30.9 Å². The number of ether oxygens (including phenoxy) is 1. The molecule has 92 valence electrons. The molecule has 17 heavy (non-hydrogen) atoms. The molecule has 0 fully saturated rings. The Morgan fingerprint density at radius 1 is 1.59 bits per heavy atom. The number of hydrogen-bond donors (Lipinski definition) is 1. The van der Waals surface area contributed by atoms with E-state index in [0.29, 0.717) is 18.9 Å². The van der Waals surface area contributed by atoms with E-state index in [1.54, 1.807) is 18.2 Å². The lowest BCUT2D eigenvalue weighted by molar-refractivity contribution is -0.385. The van der Waals surface area contributed by atoms with Gasteiger partial charge < -0.3 is 10.1 Å². The van der Waals surface area contributed by atoms with Crippen molar-refractivity contribution >= 4 is 11.4 Å². The zero-order valence-electron chi connectivity index (χ0n) is 9.81. The van der Waals surface area contributed by atoms with Crippen LogP contribution in [-0.2, 0) is 0 Å². The fraction of sp³-hybridized carbons (Fsp3) is 0.333. The lowest BCUT2D eigenvalue weighted by Gasteiger charge is -2.08. The van der Waals surface area contributed by atoms with Crippen molar-refractivity contribution in [3.05, 3.63) is 41.0 Å². The molecule has 0 atom stereocenters. The van der Waals surface area contributed by atoms with E-state index in [1.807, 2.05) is 6.92 Å². The van der Waals surface area contributed by atoms with Gasteiger partial charge in [0.2, 0.25) is 0 Å². The summed E-state index contributed by atoms with van der Waals surface area (Å²) in [5, 5.41) is 13.9. The Hall–Kier alpha value is -2.04. The standard InChI is InChI=1S/C12H16N2O3/c1-3-7-13-10-5-6-11(14(15)16)12(9-10)17-8-4-2/h3,5-6,9,13H,1,4,7-8H2,2H3. The van der Waals surface area contributed by atoms with Gasteiger partial charge in [0.05, 0.1) is 11.5 Å². The van der Waals surface area contributed by atoms with Crippen LogP contribution in [0.25, 0.3) is 0 Å². The molecular formula is C12H16N2O3. The topological polar surface area (TPSA) is 64.4 Å². The van der Waals surface area contributed by atoms with Gasteiger partial charge in [-0.3, -0.25) is 10.1 Å². The molecule has 0 saturated heterocycles. The molecule has 0 radical (unpaired) electrons. The van der Waals surface area contributed by atoms with Gasteiger partial charge in [0, 0.05) is 24.4 Å². The molecule has 5 nitrogen and oxygen atoms in total. The number of hydrogen-bond acceptors (Lipinski definition) is 4. The predicted molar refractivity (Wildman–Crippen MR) is 67.6 cm³/mol. The Labute approximate surface area is 100 Å². The summed E-state index contributed by atoms with van der Waals surface area (Å²) in [6, 6.07) is 4.73. The molecule has 1 rings (SSSR count). The van der Waals surface area contributed by atoms with Crippen LogP contribution in [0.3, 0.4) is 0 Å². The van der Waals surface area contributed by atoms with E-state index in [9.17, 15) is 10.1 Å². The van der Waals surface area contributed by atoms with E-state index < -0.39 is 4.92 Å². The molecule has 1 aromatic rings. The fourth-order valence-electron chi connectivity index (χ4n) is 1.29. The molecule has 5 heteroatoms. The van der Waals surface area contributed by atoms with Crippen molar-refractivity contribution in [2.24, 2.45) is 0 Å². The second-order valence-electron chi connectivity index (χ2n) is 3.46. The summed E-state index contributed by atoms with van der Waals surface area (Å²) in [6.07, 6.45) is 2.52. The number of nitrogens with zero attached hydrogens (tertiary/aromatic N) is 1. The molecule has 0 aliphatic carbocycles. The van der Waals surface area contributed by atoms with E-state index in [2.05, 4.69) is 11.9 Å². The Kier molecular flexibility index (Phi) is 5.00. The summed E-state index contributed by atoms with van der Waals surface area (Å²) >= 11 is 0. The SMILES string of the molecule is C=CCNc1ccc([N+](=O)[O-])c(OCCC)c1. The van der Waals surface area contributed by atoms with Crippen molar-refractivity contribution in [2.75, 3.05) is 18.5 Å². The highest BCUT2D eigenvalue weighted by atomic mass is 16.6. The number of nitro benzene ring substituents is 1. The van der Waals surface area contributed by atoms with Gasteiger partial charge in [-0.2, -0.15) is 0 Å². The quantitative estimate of drug-likeness (QED) is 0.449. The van der Waals surface area contributed by atoms with Crippen molar-refractivity contribution < 1.29 is 9.66 Å². The van der Waals surface area contributed by atoms with Crippen molar-refractivity contribution in [3.8, 4) is 5.75 Å². The van der Waals surface area contributed by atoms with Gasteiger partial charge in [-0.05, 0) is 12.5 Å². The van der Waals surface area contributed by atoms with E-state index >= 15 is 0 Å². The minimum atomic E-state index is -0.442. The van der Waals surface area contributed by atoms with Crippen LogP contribution in [0.4, 0.5) is 11.4 Å². The third kappa shape index (κ3) is 3.79. The molecule has 0 heterocycles. The largest absolute Gasteiger partial charge is 0.487 e. The molecule has 0 aromatic heterocycles. The Morgan fingerprint density at radius 3 is 2.94 bits per heavy atom. The maximum Gasteiger partial charge on any atom is 0.311 e. The molecule has 0 spiro atoms. The van der Waals surface area contributed by atoms with Gasteiger partial charge in [0.1, 0.15) is 0 Å². The van der Waals surface area contributed by atoms with Gasteiger partial charge in [0.15, 0.2) is 5.75 Å². The highest BCUT2D eigenvalue weighted by Gasteiger charge is 2.15. The smallest absolute Gasteiger partial charge is 0.311 e. The third-order valence-corrected chi connectivity index (χ3v) is 2.07. The summed E-state index contributed by atoms with van der Waals surface area (Å²) in [6.45, 7) is 6.61. The fourth-order valence-corrected chi connectivity index (χ4v) is 1.29. The number of nitro groups is 1. The normalized spacial score (nSPS) is 9.71. The summed E-state index contributed by atoms with van der Waals surface area (Å²) in [5.41, 5.74) is 0.768. The first-order chi connectivity index (χ1) is 8.19. The second-order valence-corrected chi connectivity index (χ2v) is 3.46. The van der Waals surface area contributed by atoms with Crippen molar-refractivity contribution in [1.82, 2.24) is 0 Å². The number of anilines is 1. The first-order valence-corrected chi connectivity index (χ1v) is 5.45. The average Bonchev–Trinajstić information content (AvgIpc) is 2.33. The highest BCUT2D eigenvalue weighted by Crippen LogP contribution is 2.30. The van der Waals surface area contributed by atoms with Crippen molar-refractivity contribution in [2.45, 2.75) is 13.3 Å². The predicted octanol–water partition coefficient (Wildman–Crippen LogP) is 2.98. The van der Waals surface area contributed by atoms with E-state index in [1.165, 1.54) is 6.07 Å². The van der Waals surface area contributed by atoms with Crippen molar-refractivity contribution in [3.63, 3.8) is 0 Å². The summed E-state index contributed by atoms with van der Waals surface area (Å²) in [7, 11) is 0. The molecule has 0 saturated carbocycles. The lowest BCUT2D eigenvalue weighted by Crippen LogP contribution is -2.02. The summed E-state index contributed by atoms with van der Waals surface area (Å²) < 4.78 is 5.36.